The summed E-state index contributed by atoms with van der Waals surface area (Å²) >= 11 is 0. The van der Waals surface area contributed by atoms with Gasteiger partial charge in [0.15, 0.2) is 0 Å². The van der Waals surface area contributed by atoms with Crippen LogP contribution in [0.2, 0.25) is 0 Å². The molecule has 0 N–H and O–H groups in total. The molecule has 0 aliphatic carbocycles. The first-order chi connectivity index (χ1) is 14.4. The average Bonchev–Trinajstić information content (AvgIpc) is 2.74. The number of nitrogens with zero attached hydrogens (tertiary/aromatic N) is 1. The number of aryl methyl sites for hydroxylation is 2. The second-order valence-electron chi connectivity index (χ2n) is 7.32. The van der Waals surface area contributed by atoms with E-state index in [1.54, 1.807) is 0 Å². The molecular weight excluding hydrogens is 362 g/mol. The van der Waals surface area contributed by atoms with Crippen molar-refractivity contribution < 1.29 is 0 Å². The summed E-state index contributed by atoms with van der Waals surface area (Å²) in [6.45, 7) is 21.4. The Balaban J connectivity index is 0. The van der Waals surface area contributed by atoms with Gasteiger partial charge in [-0.2, -0.15) is 0 Å². The molecule has 0 unspecified atom stereocenters. The fraction of sp³-hybridized carbons (Fsp3) is 0.552. The van der Waals surface area contributed by atoms with Crippen molar-refractivity contribution in [3.63, 3.8) is 0 Å². The molecule has 170 valence electrons. The Morgan fingerprint density at radius 3 is 2.13 bits per heavy atom. The summed E-state index contributed by atoms with van der Waals surface area (Å²) in [5.74, 6) is 0. The molecule has 1 nitrogen and oxygen atoms in total. The molecule has 0 fully saturated rings. The highest BCUT2D eigenvalue weighted by Crippen LogP contribution is 2.23. The van der Waals surface area contributed by atoms with E-state index in [0.717, 1.165) is 25.0 Å². The lowest BCUT2D eigenvalue weighted by Gasteiger charge is -2.14. The quantitative estimate of drug-likeness (QED) is 0.283. The van der Waals surface area contributed by atoms with E-state index >= 15 is 0 Å². The standard InChI is InChI=1S/C17H29N.C10H14.C2H6/c1-7-11-13-18-15(6)17(14(5)12-8-2)16(9-3)10-4;1-3-5-10-7-4-6-9(2)8-10;1-2/h9,11,13H,7-8,10,12H2,1-6H3;4,6-8H,3,5H2,1-2H3;1-2H3/b13-11+,16-9-,17-14-,18-15+;;. The van der Waals surface area contributed by atoms with Gasteiger partial charge in [0.05, 0.1) is 0 Å². The Morgan fingerprint density at radius 2 is 1.67 bits per heavy atom. The lowest BCUT2D eigenvalue weighted by Crippen LogP contribution is -2.04. The minimum atomic E-state index is 1.04. The van der Waals surface area contributed by atoms with Gasteiger partial charge >= 0.3 is 0 Å². The van der Waals surface area contributed by atoms with Gasteiger partial charge in [0, 0.05) is 11.9 Å². The van der Waals surface area contributed by atoms with Gasteiger partial charge in [0.2, 0.25) is 0 Å². The third-order valence-corrected chi connectivity index (χ3v) is 4.69. The fourth-order valence-corrected chi connectivity index (χ4v) is 3.33. The van der Waals surface area contributed by atoms with Crippen LogP contribution in [-0.4, -0.2) is 5.71 Å². The number of allylic oxidation sites excluding steroid dienone is 5. The van der Waals surface area contributed by atoms with Crippen LogP contribution in [0.4, 0.5) is 0 Å². The van der Waals surface area contributed by atoms with Crippen LogP contribution in [0.1, 0.15) is 106 Å². The molecule has 0 saturated carbocycles. The van der Waals surface area contributed by atoms with Crippen molar-refractivity contribution >= 4 is 5.71 Å². The molecule has 1 rings (SSSR count). The van der Waals surface area contributed by atoms with Gasteiger partial charge in [-0.1, -0.05) is 102 Å². The summed E-state index contributed by atoms with van der Waals surface area (Å²) in [7, 11) is 0. The number of aliphatic imine (C=N–C) groups is 1. The van der Waals surface area contributed by atoms with Crippen molar-refractivity contribution in [3.05, 3.63) is 70.5 Å². The summed E-state index contributed by atoms with van der Waals surface area (Å²) < 4.78 is 0. The van der Waals surface area contributed by atoms with Crippen molar-refractivity contribution in [1.82, 2.24) is 0 Å². The second kappa shape index (κ2) is 20.4. The van der Waals surface area contributed by atoms with Crippen molar-refractivity contribution in [2.45, 2.75) is 108 Å². The number of benzene rings is 1. The molecule has 0 heterocycles. The molecule has 0 aromatic heterocycles. The maximum Gasteiger partial charge on any atom is 0.0446 e. The molecule has 0 spiro atoms. The minimum Gasteiger partial charge on any atom is -0.261 e. The molecule has 0 saturated heterocycles. The van der Waals surface area contributed by atoms with Crippen LogP contribution in [0, 0.1) is 6.92 Å². The highest BCUT2D eigenvalue weighted by molar-refractivity contribution is 6.03. The smallest absolute Gasteiger partial charge is 0.0446 e. The maximum atomic E-state index is 4.57. The van der Waals surface area contributed by atoms with Crippen LogP contribution in [0.3, 0.4) is 0 Å². The topological polar surface area (TPSA) is 12.4 Å². The molecule has 0 atom stereocenters. The van der Waals surface area contributed by atoms with Crippen LogP contribution >= 0.6 is 0 Å². The lowest BCUT2D eigenvalue weighted by atomic mass is 9.92. The molecule has 1 heteroatoms. The van der Waals surface area contributed by atoms with Gasteiger partial charge in [-0.3, -0.25) is 4.99 Å². The first-order valence-corrected chi connectivity index (χ1v) is 12.0. The zero-order chi connectivity index (χ0) is 23.4. The Hall–Kier alpha value is -1.89. The Morgan fingerprint density at radius 1 is 1.00 bits per heavy atom. The monoisotopic (exact) mass is 411 g/mol. The molecule has 0 radical (unpaired) electrons. The molecule has 1 aromatic rings. The first-order valence-electron chi connectivity index (χ1n) is 12.0. The van der Waals surface area contributed by atoms with Gasteiger partial charge < -0.3 is 0 Å². The Labute approximate surface area is 189 Å². The van der Waals surface area contributed by atoms with Gasteiger partial charge in [0.1, 0.15) is 0 Å². The highest BCUT2D eigenvalue weighted by Gasteiger charge is 2.09. The summed E-state index contributed by atoms with van der Waals surface area (Å²) in [6.07, 6.45) is 13.1. The molecule has 0 aliphatic heterocycles. The second-order valence-corrected chi connectivity index (χ2v) is 7.32. The van der Waals surface area contributed by atoms with E-state index in [9.17, 15) is 0 Å². The van der Waals surface area contributed by atoms with E-state index in [4.69, 9.17) is 0 Å². The Kier molecular flexibility index (Phi) is 20.6. The summed E-state index contributed by atoms with van der Waals surface area (Å²) in [4.78, 5) is 4.57. The normalized spacial score (nSPS) is 12.6. The summed E-state index contributed by atoms with van der Waals surface area (Å²) in [5.41, 5.74) is 8.20. The number of hydrogen-bond acceptors (Lipinski definition) is 1. The van der Waals surface area contributed by atoms with E-state index < -0.39 is 0 Å². The van der Waals surface area contributed by atoms with Crippen LogP contribution in [0.15, 0.2) is 64.3 Å². The lowest BCUT2D eigenvalue weighted by molar-refractivity contribution is 0.895. The van der Waals surface area contributed by atoms with Gasteiger partial charge in [-0.05, 0) is 70.1 Å². The van der Waals surface area contributed by atoms with Crippen LogP contribution in [0.25, 0.3) is 0 Å². The third-order valence-electron chi connectivity index (χ3n) is 4.69. The van der Waals surface area contributed by atoms with Gasteiger partial charge in [0.25, 0.3) is 0 Å². The molecule has 0 bridgehead atoms. The van der Waals surface area contributed by atoms with Gasteiger partial charge in [-0.25, -0.2) is 0 Å². The van der Waals surface area contributed by atoms with Crippen LogP contribution in [0.5, 0.6) is 0 Å². The molecule has 1 aromatic carbocycles. The zero-order valence-corrected chi connectivity index (χ0v) is 21.7. The van der Waals surface area contributed by atoms with E-state index in [2.05, 4.69) is 96.8 Å². The van der Waals surface area contributed by atoms with Crippen molar-refractivity contribution in [2.75, 3.05) is 0 Å². The predicted molar refractivity (Wildman–Crippen MR) is 141 cm³/mol. The van der Waals surface area contributed by atoms with Crippen molar-refractivity contribution in [3.8, 4) is 0 Å². The molecule has 0 aliphatic rings. The molecule has 0 amide bonds. The molecule has 30 heavy (non-hydrogen) atoms. The summed E-state index contributed by atoms with van der Waals surface area (Å²) in [6, 6.07) is 8.71. The van der Waals surface area contributed by atoms with Crippen molar-refractivity contribution in [1.29, 1.82) is 0 Å². The number of hydrogen-bond donors (Lipinski definition) is 0. The van der Waals surface area contributed by atoms with E-state index in [0.29, 0.717) is 0 Å². The van der Waals surface area contributed by atoms with E-state index in [-0.39, 0.29) is 0 Å². The van der Waals surface area contributed by atoms with Crippen LogP contribution < -0.4 is 0 Å². The Bertz CT molecular complexity index is 671. The first kappa shape index (κ1) is 30.3. The third kappa shape index (κ3) is 13.4. The zero-order valence-electron chi connectivity index (χ0n) is 21.7. The number of rotatable bonds is 9. The summed E-state index contributed by atoms with van der Waals surface area (Å²) in [5, 5.41) is 0. The largest absolute Gasteiger partial charge is 0.261 e. The van der Waals surface area contributed by atoms with Gasteiger partial charge in [-0.15, -0.1) is 0 Å². The average molecular weight is 412 g/mol. The van der Waals surface area contributed by atoms with Crippen molar-refractivity contribution in [2.24, 2.45) is 4.99 Å². The minimum absolute atomic E-state index is 1.04. The van der Waals surface area contributed by atoms with E-state index in [1.165, 1.54) is 47.1 Å². The SMILES string of the molecule is CC.CCCc1cccc(C)c1.C\C=C(CC)/C(C(/C)=N/C=C/CC)=C(/C)CCC. The van der Waals surface area contributed by atoms with Crippen LogP contribution in [-0.2, 0) is 6.42 Å². The fourth-order valence-electron chi connectivity index (χ4n) is 3.33. The highest BCUT2D eigenvalue weighted by atomic mass is 14.7. The van der Waals surface area contributed by atoms with E-state index in [1.807, 2.05) is 20.0 Å². The predicted octanol–water partition coefficient (Wildman–Crippen LogP) is 9.82. The maximum absolute atomic E-state index is 4.57. The molecular formula is C29H49N.